The molecule has 196 valence electrons. The molecule has 2 nitrogen and oxygen atoms in total. The molecule has 0 saturated carbocycles. The number of nitrogens with one attached hydrogen (secondary N) is 1. The summed E-state index contributed by atoms with van der Waals surface area (Å²) >= 11 is 0. The quantitative estimate of drug-likeness (QED) is 0.273. The summed E-state index contributed by atoms with van der Waals surface area (Å²) in [5.41, 5.74) is 6.28. The Labute approximate surface area is 221 Å². The van der Waals surface area contributed by atoms with Crippen molar-refractivity contribution in [3.8, 4) is 0 Å². The van der Waals surface area contributed by atoms with Crippen molar-refractivity contribution in [2.45, 2.75) is 99.5 Å². The lowest BCUT2D eigenvalue weighted by atomic mass is 9.69. The van der Waals surface area contributed by atoms with Crippen molar-refractivity contribution in [1.29, 1.82) is 0 Å². The van der Waals surface area contributed by atoms with Crippen LogP contribution in [0.4, 0.5) is 0 Å². The molecule has 1 aliphatic carbocycles. The van der Waals surface area contributed by atoms with Crippen molar-refractivity contribution in [2.24, 2.45) is 11.3 Å². The predicted molar refractivity (Wildman–Crippen MR) is 157 cm³/mol. The molecular weight excluding hydrogens is 438 g/mol. The van der Waals surface area contributed by atoms with Gasteiger partial charge in [0.05, 0.1) is 0 Å². The second-order valence-electron chi connectivity index (χ2n) is 12.7. The average Bonchev–Trinajstić information content (AvgIpc) is 2.75. The lowest BCUT2D eigenvalue weighted by Crippen LogP contribution is -2.46. The van der Waals surface area contributed by atoms with Gasteiger partial charge in [-0.2, -0.15) is 0 Å². The highest BCUT2D eigenvalue weighted by molar-refractivity contribution is 5.89. The molecule has 1 amide bonds. The molecule has 0 saturated heterocycles. The van der Waals surface area contributed by atoms with E-state index in [0.29, 0.717) is 5.92 Å². The molecule has 2 heteroatoms. The first-order valence-electron chi connectivity index (χ1n) is 13.4. The number of hydrogen-bond acceptors (Lipinski definition) is 1. The second kappa shape index (κ2) is 12.1. The van der Waals surface area contributed by atoms with E-state index in [0.717, 1.165) is 12.0 Å². The number of carbonyl (C=O) groups is 1. The fourth-order valence-electron chi connectivity index (χ4n) is 5.47. The smallest absolute Gasteiger partial charge is 0.244 e. The Morgan fingerprint density at radius 1 is 1.06 bits per heavy atom. The van der Waals surface area contributed by atoms with Gasteiger partial charge in [0.15, 0.2) is 0 Å². The van der Waals surface area contributed by atoms with Gasteiger partial charge < -0.3 is 5.32 Å². The maximum atomic E-state index is 12.7. The van der Waals surface area contributed by atoms with Crippen LogP contribution in [-0.2, 0) is 10.2 Å². The minimum Gasteiger partial charge on any atom is -0.348 e. The molecule has 0 heterocycles. The van der Waals surface area contributed by atoms with Gasteiger partial charge in [0.25, 0.3) is 0 Å². The van der Waals surface area contributed by atoms with Crippen LogP contribution in [0.3, 0.4) is 0 Å². The normalized spacial score (nSPS) is 19.9. The first-order chi connectivity index (χ1) is 16.6. The Bertz CT molecular complexity index is 1060. The van der Waals surface area contributed by atoms with Crippen LogP contribution in [0.2, 0.25) is 0 Å². The highest BCUT2D eigenvalue weighted by Gasteiger charge is 2.31. The van der Waals surface area contributed by atoms with Gasteiger partial charge in [-0.3, -0.25) is 4.79 Å². The molecule has 1 aromatic rings. The third-order valence-corrected chi connectivity index (χ3v) is 7.59. The zero-order chi connectivity index (χ0) is 27.1. The maximum Gasteiger partial charge on any atom is 0.244 e. The number of carbonyl (C=O) groups excluding carboxylic acids is 1. The molecule has 1 aromatic carbocycles. The van der Waals surface area contributed by atoms with E-state index in [4.69, 9.17) is 0 Å². The van der Waals surface area contributed by atoms with Crippen molar-refractivity contribution in [3.05, 3.63) is 94.6 Å². The van der Waals surface area contributed by atoms with Crippen LogP contribution in [0.1, 0.15) is 94.1 Å². The standard InChI is InChI=1S/C34H49NO/c1-25(19-20-30-28(4)27(3)21-22-32(30,5)6)15-14-16-26(2)23-31(36)35-34(9,10)24-33(7,8)29-17-12-11-13-18-29/h11-20,23,27H,21-22,24H2,1-10H3,(H,35,36)/b16-14+,20-19+,25-15+,26-23-. The van der Waals surface area contributed by atoms with Gasteiger partial charge in [-0.25, -0.2) is 0 Å². The summed E-state index contributed by atoms with van der Waals surface area (Å²) in [5, 5.41) is 3.20. The van der Waals surface area contributed by atoms with E-state index >= 15 is 0 Å². The van der Waals surface area contributed by atoms with Crippen molar-refractivity contribution >= 4 is 5.91 Å². The lowest BCUT2D eigenvalue weighted by Gasteiger charge is -2.36. The predicted octanol–water partition coefficient (Wildman–Crippen LogP) is 9.03. The minimum absolute atomic E-state index is 0.0357. The molecule has 0 bridgehead atoms. The Hall–Kier alpha value is -2.61. The summed E-state index contributed by atoms with van der Waals surface area (Å²) in [5.74, 6) is 0.609. The van der Waals surface area contributed by atoms with E-state index in [-0.39, 0.29) is 22.3 Å². The van der Waals surface area contributed by atoms with Crippen LogP contribution in [0, 0.1) is 11.3 Å². The molecule has 0 aliphatic heterocycles. The van der Waals surface area contributed by atoms with Gasteiger partial charge in [-0.15, -0.1) is 0 Å². The fourth-order valence-corrected chi connectivity index (χ4v) is 5.47. The van der Waals surface area contributed by atoms with Crippen molar-refractivity contribution < 1.29 is 4.79 Å². The Morgan fingerprint density at radius 3 is 2.33 bits per heavy atom. The van der Waals surface area contributed by atoms with Crippen LogP contribution in [0.5, 0.6) is 0 Å². The Kier molecular flexibility index (Phi) is 9.94. The van der Waals surface area contributed by atoms with E-state index < -0.39 is 0 Å². The van der Waals surface area contributed by atoms with Crippen LogP contribution in [0.15, 0.2) is 89.1 Å². The summed E-state index contributed by atoms with van der Waals surface area (Å²) in [6, 6.07) is 10.5. The molecule has 0 spiro atoms. The zero-order valence-corrected chi connectivity index (χ0v) is 24.5. The minimum atomic E-state index is -0.324. The molecule has 0 radical (unpaired) electrons. The molecule has 36 heavy (non-hydrogen) atoms. The van der Waals surface area contributed by atoms with Gasteiger partial charge in [-0.1, -0.05) is 106 Å². The van der Waals surface area contributed by atoms with Gasteiger partial charge in [0, 0.05) is 11.6 Å². The van der Waals surface area contributed by atoms with Crippen molar-refractivity contribution in [1.82, 2.24) is 5.32 Å². The van der Waals surface area contributed by atoms with Gasteiger partial charge in [0.2, 0.25) is 5.91 Å². The summed E-state index contributed by atoms with van der Waals surface area (Å²) < 4.78 is 0. The number of hydrogen-bond donors (Lipinski definition) is 1. The summed E-state index contributed by atoms with van der Waals surface area (Å²) in [4.78, 5) is 12.7. The SMILES string of the molecule is CC1=C(/C=C/C(C)=C/C=C/C(C)=C\C(=O)NC(C)(C)CC(C)(C)c2ccccc2)C(C)(C)CCC1C. The highest BCUT2D eigenvalue weighted by atomic mass is 16.1. The molecule has 1 N–H and O–H groups in total. The molecule has 2 rings (SSSR count). The maximum absolute atomic E-state index is 12.7. The Morgan fingerprint density at radius 2 is 1.69 bits per heavy atom. The van der Waals surface area contributed by atoms with E-state index in [1.54, 1.807) is 6.08 Å². The molecule has 0 aromatic heterocycles. The first-order valence-corrected chi connectivity index (χ1v) is 13.4. The van der Waals surface area contributed by atoms with Crippen molar-refractivity contribution in [2.75, 3.05) is 0 Å². The monoisotopic (exact) mass is 487 g/mol. The van der Waals surface area contributed by atoms with E-state index in [1.807, 2.05) is 25.1 Å². The van der Waals surface area contributed by atoms with Crippen LogP contribution < -0.4 is 5.32 Å². The van der Waals surface area contributed by atoms with Crippen molar-refractivity contribution in [3.63, 3.8) is 0 Å². The van der Waals surface area contributed by atoms with E-state index in [1.165, 1.54) is 35.1 Å². The number of rotatable bonds is 9. The summed E-state index contributed by atoms with van der Waals surface area (Å²) in [7, 11) is 0. The molecule has 0 fully saturated rings. The average molecular weight is 488 g/mol. The number of allylic oxidation sites excluding steroid dienone is 9. The van der Waals surface area contributed by atoms with Crippen LogP contribution in [0.25, 0.3) is 0 Å². The Balaban J connectivity index is 1.99. The molecule has 1 atom stereocenters. The zero-order valence-electron chi connectivity index (χ0n) is 24.5. The topological polar surface area (TPSA) is 29.1 Å². The van der Waals surface area contributed by atoms with Gasteiger partial charge in [-0.05, 0) is 87.3 Å². The second-order valence-corrected chi connectivity index (χ2v) is 12.7. The number of benzene rings is 1. The third kappa shape index (κ3) is 8.80. The van der Waals surface area contributed by atoms with E-state index in [9.17, 15) is 4.79 Å². The fraction of sp³-hybridized carbons (Fsp3) is 0.500. The number of amides is 1. The largest absolute Gasteiger partial charge is 0.348 e. The van der Waals surface area contributed by atoms with Gasteiger partial charge in [0.1, 0.15) is 0 Å². The third-order valence-electron chi connectivity index (χ3n) is 7.59. The van der Waals surface area contributed by atoms with Crippen LogP contribution in [-0.4, -0.2) is 11.4 Å². The highest BCUT2D eigenvalue weighted by Crippen LogP contribution is 2.43. The lowest BCUT2D eigenvalue weighted by molar-refractivity contribution is -0.118. The van der Waals surface area contributed by atoms with E-state index in [2.05, 4.69) is 110 Å². The first kappa shape index (κ1) is 29.6. The van der Waals surface area contributed by atoms with Gasteiger partial charge >= 0.3 is 0 Å². The summed E-state index contributed by atoms with van der Waals surface area (Å²) in [6.45, 7) is 22.1. The van der Waals surface area contributed by atoms with Crippen LogP contribution >= 0.6 is 0 Å². The molecule has 1 aliphatic rings. The summed E-state index contributed by atoms with van der Waals surface area (Å²) in [6.07, 6.45) is 15.7. The molecular formula is C34H49NO. The molecule has 1 unspecified atom stereocenters.